The minimum atomic E-state index is -4.73. The second kappa shape index (κ2) is 5.07. The summed E-state index contributed by atoms with van der Waals surface area (Å²) in [6.45, 7) is -0.0699. The second-order valence-corrected chi connectivity index (χ2v) is 3.52. The fourth-order valence-electron chi connectivity index (χ4n) is 1.14. The third kappa shape index (κ3) is 3.75. The molecule has 0 bridgehead atoms. The Hall–Kier alpha value is -2.06. The van der Waals surface area contributed by atoms with Gasteiger partial charge in [-0.1, -0.05) is 0 Å². The number of nitrogens with zero attached hydrogens (tertiary/aromatic N) is 2. The van der Waals surface area contributed by atoms with E-state index in [1.165, 1.54) is 7.05 Å². The van der Waals surface area contributed by atoms with Crippen molar-refractivity contribution in [3.63, 3.8) is 0 Å². The van der Waals surface area contributed by atoms with Crippen LogP contribution in [0.4, 0.5) is 19.1 Å². The largest absolute Gasteiger partial charge is 0.481 e. The first kappa shape index (κ1) is 14.0. The van der Waals surface area contributed by atoms with E-state index < -0.39 is 23.4 Å². The lowest BCUT2D eigenvalue weighted by Gasteiger charge is -2.17. The third-order valence-electron chi connectivity index (χ3n) is 2.04. The van der Waals surface area contributed by atoms with E-state index in [1.807, 2.05) is 0 Å². The number of carbonyl (C=O) groups is 1. The predicted molar refractivity (Wildman–Crippen MR) is 55.4 cm³/mol. The van der Waals surface area contributed by atoms with Crippen molar-refractivity contribution in [1.82, 2.24) is 9.97 Å². The highest BCUT2D eigenvalue weighted by molar-refractivity contribution is 5.67. The van der Waals surface area contributed by atoms with E-state index in [2.05, 4.69) is 9.97 Å². The van der Waals surface area contributed by atoms with Crippen LogP contribution in [0.1, 0.15) is 12.1 Å². The van der Waals surface area contributed by atoms with Crippen LogP contribution in [0.15, 0.2) is 10.9 Å². The number of H-pyrrole nitrogens is 1. The lowest BCUT2D eigenvalue weighted by atomic mass is 10.4. The third-order valence-corrected chi connectivity index (χ3v) is 2.04. The van der Waals surface area contributed by atoms with Crippen molar-refractivity contribution in [2.45, 2.75) is 12.6 Å². The number of nitrogens with one attached hydrogen (secondary N) is 1. The summed E-state index contributed by atoms with van der Waals surface area (Å²) in [5.74, 6) is -1.42. The molecule has 0 atom stereocenters. The summed E-state index contributed by atoms with van der Waals surface area (Å²) in [6.07, 6.45) is -5.01. The number of rotatable bonds is 4. The molecule has 0 aliphatic rings. The summed E-state index contributed by atoms with van der Waals surface area (Å²) in [5, 5.41) is 8.45. The quantitative estimate of drug-likeness (QED) is 0.836. The van der Waals surface area contributed by atoms with Crippen molar-refractivity contribution < 1.29 is 23.1 Å². The molecule has 0 saturated carbocycles. The van der Waals surface area contributed by atoms with Gasteiger partial charge in [0.15, 0.2) is 5.69 Å². The molecule has 0 amide bonds. The van der Waals surface area contributed by atoms with Gasteiger partial charge >= 0.3 is 12.1 Å². The van der Waals surface area contributed by atoms with Crippen molar-refractivity contribution in [2.75, 3.05) is 18.5 Å². The molecule has 0 unspecified atom stereocenters. The summed E-state index contributed by atoms with van der Waals surface area (Å²) in [4.78, 5) is 27.9. The first-order valence-electron chi connectivity index (χ1n) is 4.81. The van der Waals surface area contributed by atoms with Crippen LogP contribution in [0.25, 0.3) is 0 Å². The van der Waals surface area contributed by atoms with E-state index in [4.69, 9.17) is 5.11 Å². The van der Waals surface area contributed by atoms with E-state index in [0.717, 1.165) is 4.90 Å². The number of hydrogen-bond acceptors (Lipinski definition) is 4. The molecule has 0 spiro atoms. The zero-order chi connectivity index (χ0) is 13.9. The maximum absolute atomic E-state index is 12.4. The summed E-state index contributed by atoms with van der Waals surface area (Å²) < 4.78 is 37.2. The molecule has 0 aromatic carbocycles. The van der Waals surface area contributed by atoms with Gasteiger partial charge in [-0.25, -0.2) is 4.98 Å². The van der Waals surface area contributed by atoms with Crippen LogP contribution in [0.2, 0.25) is 0 Å². The molecular formula is C9H10F3N3O3. The number of carboxylic acids is 1. The SMILES string of the molecule is CN(CCC(=O)O)c1nc(C(F)(F)F)cc(=O)[nH]1. The van der Waals surface area contributed by atoms with Crippen LogP contribution < -0.4 is 10.5 Å². The molecule has 1 heterocycles. The highest BCUT2D eigenvalue weighted by atomic mass is 19.4. The van der Waals surface area contributed by atoms with Gasteiger partial charge in [0.2, 0.25) is 5.95 Å². The molecule has 0 radical (unpaired) electrons. The predicted octanol–water partition coefficient (Wildman–Crippen LogP) is 0.700. The summed E-state index contributed by atoms with van der Waals surface area (Å²) in [7, 11) is 1.33. The number of aliphatic carboxylic acids is 1. The van der Waals surface area contributed by atoms with E-state index in [-0.39, 0.29) is 18.9 Å². The molecule has 0 aliphatic carbocycles. The van der Waals surface area contributed by atoms with Crippen LogP contribution in [0.5, 0.6) is 0 Å². The Morgan fingerprint density at radius 1 is 1.56 bits per heavy atom. The fraction of sp³-hybridized carbons (Fsp3) is 0.444. The zero-order valence-corrected chi connectivity index (χ0v) is 9.28. The zero-order valence-electron chi connectivity index (χ0n) is 9.28. The van der Waals surface area contributed by atoms with Crippen molar-refractivity contribution in [1.29, 1.82) is 0 Å². The van der Waals surface area contributed by atoms with Gasteiger partial charge < -0.3 is 10.0 Å². The van der Waals surface area contributed by atoms with Gasteiger partial charge in [0, 0.05) is 19.7 Å². The first-order chi connectivity index (χ1) is 8.20. The van der Waals surface area contributed by atoms with E-state index in [9.17, 15) is 22.8 Å². The van der Waals surface area contributed by atoms with Crippen LogP contribution in [-0.2, 0) is 11.0 Å². The number of aromatic nitrogens is 2. The van der Waals surface area contributed by atoms with E-state index in [0.29, 0.717) is 6.07 Å². The normalized spacial score (nSPS) is 11.3. The Kier molecular flexibility index (Phi) is 3.94. The maximum Gasteiger partial charge on any atom is 0.433 e. The van der Waals surface area contributed by atoms with Crippen LogP contribution >= 0.6 is 0 Å². The maximum atomic E-state index is 12.4. The number of halogens is 3. The number of alkyl halides is 3. The Morgan fingerprint density at radius 3 is 2.67 bits per heavy atom. The average Bonchev–Trinajstić information content (AvgIpc) is 2.23. The molecule has 1 aromatic rings. The van der Waals surface area contributed by atoms with Crippen molar-refractivity contribution in [3.05, 3.63) is 22.1 Å². The summed E-state index contributed by atoms with van der Waals surface area (Å²) in [6, 6.07) is 0.342. The fourth-order valence-corrected chi connectivity index (χ4v) is 1.14. The second-order valence-electron chi connectivity index (χ2n) is 3.52. The van der Waals surface area contributed by atoms with Crippen LogP contribution in [0, 0.1) is 0 Å². The van der Waals surface area contributed by atoms with Gasteiger partial charge in [-0.3, -0.25) is 14.6 Å². The standard InChI is InChI=1S/C9H10F3N3O3/c1-15(3-2-7(17)18)8-13-5(9(10,11)12)4-6(16)14-8/h4H,2-3H2,1H3,(H,17,18)(H,13,14,16). The molecular weight excluding hydrogens is 255 g/mol. The van der Waals surface area contributed by atoms with Crippen LogP contribution in [-0.4, -0.2) is 34.6 Å². The summed E-state index contributed by atoms with van der Waals surface area (Å²) in [5.41, 5.74) is -2.27. The molecule has 1 aromatic heterocycles. The highest BCUT2D eigenvalue weighted by Gasteiger charge is 2.33. The number of carboxylic acid groups (broad SMARTS) is 1. The van der Waals surface area contributed by atoms with Gasteiger partial charge in [0.1, 0.15) is 0 Å². The molecule has 0 fully saturated rings. The van der Waals surface area contributed by atoms with Gasteiger partial charge in [-0.2, -0.15) is 13.2 Å². The minimum Gasteiger partial charge on any atom is -0.481 e. The number of aromatic amines is 1. The van der Waals surface area contributed by atoms with Crippen molar-refractivity contribution >= 4 is 11.9 Å². The first-order valence-corrected chi connectivity index (χ1v) is 4.81. The Morgan fingerprint density at radius 2 is 2.17 bits per heavy atom. The molecule has 6 nitrogen and oxygen atoms in total. The molecule has 2 N–H and O–H groups in total. The van der Waals surface area contributed by atoms with Gasteiger partial charge in [-0.05, 0) is 0 Å². The smallest absolute Gasteiger partial charge is 0.433 e. The Balaban J connectivity index is 2.99. The monoisotopic (exact) mass is 265 g/mol. The van der Waals surface area contributed by atoms with Crippen molar-refractivity contribution in [2.24, 2.45) is 0 Å². The molecule has 9 heteroatoms. The highest BCUT2D eigenvalue weighted by Crippen LogP contribution is 2.27. The van der Waals surface area contributed by atoms with Gasteiger partial charge in [-0.15, -0.1) is 0 Å². The molecule has 100 valence electrons. The number of anilines is 1. The van der Waals surface area contributed by atoms with Gasteiger partial charge in [0.05, 0.1) is 6.42 Å². The molecule has 1 rings (SSSR count). The average molecular weight is 265 g/mol. The topological polar surface area (TPSA) is 86.3 Å². The summed E-state index contributed by atoms with van der Waals surface area (Å²) >= 11 is 0. The Labute approximate surface area is 99.1 Å². The van der Waals surface area contributed by atoms with Crippen molar-refractivity contribution in [3.8, 4) is 0 Å². The molecule has 0 aliphatic heterocycles. The van der Waals surface area contributed by atoms with E-state index in [1.54, 1.807) is 0 Å². The Bertz CT molecular complexity index is 498. The van der Waals surface area contributed by atoms with Gasteiger partial charge in [0.25, 0.3) is 5.56 Å². The molecule has 18 heavy (non-hydrogen) atoms. The van der Waals surface area contributed by atoms with Crippen LogP contribution in [0.3, 0.4) is 0 Å². The molecule has 0 saturated heterocycles. The van der Waals surface area contributed by atoms with E-state index >= 15 is 0 Å². The minimum absolute atomic E-state index is 0.0699. The lowest BCUT2D eigenvalue weighted by molar-refractivity contribution is -0.141. The number of hydrogen-bond donors (Lipinski definition) is 2. The lowest BCUT2D eigenvalue weighted by Crippen LogP contribution is -2.27.